The molecule has 0 radical (unpaired) electrons. The van der Waals surface area contributed by atoms with E-state index in [4.69, 9.17) is 5.73 Å². The largest absolute Gasteiger partial charge is 0.328 e. The van der Waals surface area contributed by atoms with Gasteiger partial charge in [0.15, 0.2) is 0 Å². The second-order valence-corrected chi connectivity index (χ2v) is 5.08. The Morgan fingerprint density at radius 2 is 1.56 bits per heavy atom. The number of rotatable bonds is 6. The van der Waals surface area contributed by atoms with Crippen molar-refractivity contribution in [2.75, 3.05) is 33.2 Å². The zero-order chi connectivity index (χ0) is 12.0. The smallest absolute Gasteiger partial charge is 0.0109 e. The van der Waals surface area contributed by atoms with Gasteiger partial charge in [0.25, 0.3) is 0 Å². The molecule has 3 heteroatoms. The van der Waals surface area contributed by atoms with E-state index in [9.17, 15) is 0 Å². The molecule has 0 aromatic heterocycles. The maximum absolute atomic E-state index is 5.94. The lowest BCUT2D eigenvalue weighted by molar-refractivity contribution is 0.159. The van der Waals surface area contributed by atoms with Crippen LogP contribution in [0.5, 0.6) is 0 Å². The molecule has 0 aromatic rings. The summed E-state index contributed by atoms with van der Waals surface area (Å²) in [6.45, 7) is 9.21. The van der Waals surface area contributed by atoms with Gasteiger partial charge < -0.3 is 15.5 Å². The van der Waals surface area contributed by atoms with Gasteiger partial charge in [-0.1, -0.05) is 13.8 Å². The van der Waals surface area contributed by atoms with E-state index in [1.54, 1.807) is 0 Å². The molecule has 0 amide bonds. The van der Waals surface area contributed by atoms with Gasteiger partial charge >= 0.3 is 0 Å². The Morgan fingerprint density at radius 3 is 2.06 bits per heavy atom. The number of hydrogen-bond acceptors (Lipinski definition) is 3. The maximum atomic E-state index is 5.94. The van der Waals surface area contributed by atoms with Crippen LogP contribution in [0.1, 0.15) is 39.5 Å². The van der Waals surface area contributed by atoms with Crippen molar-refractivity contribution in [1.29, 1.82) is 0 Å². The number of nitrogens with two attached hydrogens (primary N) is 1. The van der Waals surface area contributed by atoms with E-state index < -0.39 is 0 Å². The zero-order valence-electron chi connectivity index (χ0n) is 11.3. The summed E-state index contributed by atoms with van der Waals surface area (Å²) in [5.74, 6) is 0. The fraction of sp³-hybridized carbons (Fsp3) is 1.00. The van der Waals surface area contributed by atoms with Crippen molar-refractivity contribution in [3.8, 4) is 0 Å². The predicted octanol–water partition coefficient (Wildman–Crippen LogP) is 1.53. The van der Waals surface area contributed by atoms with Crippen LogP contribution >= 0.6 is 0 Å². The predicted molar refractivity (Wildman–Crippen MR) is 70.6 cm³/mol. The minimum atomic E-state index is 0.465. The first-order valence-electron chi connectivity index (χ1n) is 6.85. The minimum Gasteiger partial charge on any atom is -0.328 e. The molecule has 0 atom stereocenters. The Bertz CT molecular complexity index is 172. The topological polar surface area (TPSA) is 32.5 Å². The standard InChI is InChI=1S/C13H29N3/c1-4-16(5-2)11-10-15(3)13-8-6-12(14)7-9-13/h12-13H,4-11,14H2,1-3H3. The van der Waals surface area contributed by atoms with Crippen LogP contribution in [-0.2, 0) is 0 Å². The second-order valence-electron chi connectivity index (χ2n) is 5.08. The van der Waals surface area contributed by atoms with Crippen LogP contribution in [0.4, 0.5) is 0 Å². The lowest BCUT2D eigenvalue weighted by Gasteiger charge is -2.34. The summed E-state index contributed by atoms with van der Waals surface area (Å²) in [7, 11) is 2.27. The molecule has 3 nitrogen and oxygen atoms in total. The minimum absolute atomic E-state index is 0.465. The molecule has 0 bridgehead atoms. The summed E-state index contributed by atoms with van der Waals surface area (Å²) in [5.41, 5.74) is 5.94. The van der Waals surface area contributed by atoms with Crippen LogP contribution in [0, 0.1) is 0 Å². The van der Waals surface area contributed by atoms with Crippen LogP contribution in [0.25, 0.3) is 0 Å². The molecule has 1 aliphatic rings. The first-order chi connectivity index (χ1) is 7.67. The Hall–Kier alpha value is -0.120. The maximum Gasteiger partial charge on any atom is 0.0109 e. The van der Waals surface area contributed by atoms with Crippen LogP contribution < -0.4 is 5.73 Å². The number of nitrogens with zero attached hydrogens (tertiary/aromatic N) is 2. The molecule has 2 N–H and O–H groups in total. The van der Waals surface area contributed by atoms with E-state index in [2.05, 4.69) is 30.7 Å². The van der Waals surface area contributed by atoms with Gasteiger partial charge in [-0.25, -0.2) is 0 Å². The molecule has 0 aromatic carbocycles. The fourth-order valence-corrected chi connectivity index (χ4v) is 2.56. The highest BCUT2D eigenvalue weighted by Crippen LogP contribution is 2.20. The lowest BCUT2D eigenvalue weighted by Crippen LogP contribution is -2.42. The average molecular weight is 227 g/mol. The van der Waals surface area contributed by atoms with Gasteiger partial charge in [-0.2, -0.15) is 0 Å². The van der Waals surface area contributed by atoms with Gasteiger partial charge in [0.1, 0.15) is 0 Å². The van der Waals surface area contributed by atoms with Gasteiger partial charge in [-0.15, -0.1) is 0 Å². The Morgan fingerprint density at radius 1 is 1.00 bits per heavy atom. The van der Waals surface area contributed by atoms with Gasteiger partial charge in [0.2, 0.25) is 0 Å². The highest BCUT2D eigenvalue weighted by molar-refractivity contribution is 4.80. The van der Waals surface area contributed by atoms with Crippen LogP contribution in [0.15, 0.2) is 0 Å². The summed E-state index contributed by atoms with van der Waals surface area (Å²) >= 11 is 0. The zero-order valence-corrected chi connectivity index (χ0v) is 11.3. The van der Waals surface area contributed by atoms with Crippen LogP contribution in [-0.4, -0.2) is 55.1 Å². The van der Waals surface area contributed by atoms with Crippen molar-refractivity contribution in [1.82, 2.24) is 9.80 Å². The van der Waals surface area contributed by atoms with Crippen LogP contribution in [0.2, 0.25) is 0 Å². The molecule has 96 valence electrons. The van der Waals surface area contributed by atoms with Crippen LogP contribution in [0.3, 0.4) is 0 Å². The van der Waals surface area contributed by atoms with Gasteiger partial charge in [0, 0.05) is 25.2 Å². The number of hydrogen-bond donors (Lipinski definition) is 1. The van der Waals surface area contributed by atoms with Gasteiger partial charge in [0.05, 0.1) is 0 Å². The molecular weight excluding hydrogens is 198 g/mol. The SMILES string of the molecule is CCN(CC)CCN(C)C1CCC(N)CC1. The lowest BCUT2D eigenvalue weighted by atomic mass is 9.91. The van der Waals surface area contributed by atoms with E-state index in [1.807, 2.05) is 0 Å². The molecule has 0 heterocycles. The van der Waals surface area contributed by atoms with Crippen molar-refractivity contribution in [3.63, 3.8) is 0 Å². The summed E-state index contributed by atoms with van der Waals surface area (Å²) in [5, 5.41) is 0. The molecule has 1 fully saturated rings. The summed E-state index contributed by atoms with van der Waals surface area (Å²) in [6, 6.07) is 1.24. The third-order valence-electron chi connectivity index (χ3n) is 4.03. The monoisotopic (exact) mass is 227 g/mol. The second kappa shape index (κ2) is 7.25. The third-order valence-corrected chi connectivity index (χ3v) is 4.03. The molecule has 16 heavy (non-hydrogen) atoms. The van der Waals surface area contributed by atoms with Gasteiger partial charge in [-0.3, -0.25) is 0 Å². The molecule has 1 rings (SSSR count). The highest BCUT2D eigenvalue weighted by atomic mass is 15.2. The first kappa shape index (κ1) is 13.9. The molecule has 0 aliphatic heterocycles. The average Bonchev–Trinajstić information content (AvgIpc) is 2.31. The molecule has 0 unspecified atom stereocenters. The summed E-state index contributed by atoms with van der Waals surface area (Å²) in [6.07, 6.45) is 4.99. The summed E-state index contributed by atoms with van der Waals surface area (Å²) < 4.78 is 0. The molecule has 1 saturated carbocycles. The molecule has 0 spiro atoms. The van der Waals surface area contributed by atoms with Crippen molar-refractivity contribution in [2.45, 2.75) is 51.6 Å². The Labute approximate surface area is 101 Å². The van der Waals surface area contributed by atoms with E-state index >= 15 is 0 Å². The van der Waals surface area contributed by atoms with E-state index in [1.165, 1.54) is 51.9 Å². The van der Waals surface area contributed by atoms with Crippen molar-refractivity contribution >= 4 is 0 Å². The Balaban J connectivity index is 2.21. The molecular formula is C13H29N3. The van der Waals surface area contributed by atoms with Crippen molar-refractivity contribution in [3.05, 3.63) is 0 Å². The summed E-state index contributed by atoms with van der Waals surface area (Å²) in [4.78, 5) is 5.02. The number of likely N-dealkylation sites (N-methyl/N-ethyl adjacent to an activating group) is 2. The Kier molecular flexibility index (Phi) is 6.32. The molecule has 0 saturated heterocycles. The fourth-order valence-electron chi connectivity index (χ4n) is 2.56. The van der Waals surface area contributed by atoms with E-state index in [0.29, 0.717) is 6.04 Å². The normalized spacial score (nSPS) is 26.6. The third kappa shape index (κ3) is 4.40. The van der Waals surface area contributed by atoms with E-state index in [0.717, 1.165) is 6.04 Å². The van der Waals surface area contributed by atoms with Gasteiger partial charge in [-0.05, 0) is 45.8 Å². The first-order valence-corrected chi connectivity index (χ1v) is 6.85. The quantitative estimate of drug-likeness (QED) is 0.747. The van der Waals surface area contributed by atoms with E-state index in [-0.39, 0.29) is 0 Å². The van der Waals surface area contributed by atoms with Crippen molar-refractivity contribution < 1.29 is 0 Å². The highest BCUT2D eigenvalue weighted by Gasteiger charge is 2.21. The van der Waals surface area contributed by atoms with Crippen molar-refractivity contribution in [2.24, 2.45) is 5.73 Å². The molecule has 1 aliphatic carbocycles.